The topological polar surface area (TPSA) is 12.0 Å². The highest BCUT2D eigenvalue weighted by molar-refractivity contribution is 6.31. The minimum absolute atomic E-state index is 0.292. The summed E-state index contributed by atoms with van der Waals surface area (Å²) in [5, 5.41) is 3.78. The van der Waals surface area contributed by atoms with Crippen LogP contribution < -0.4 is 5.32 Å². The third-order valence-electron chi connectivity index (χ3n) is 2.57. The van der Waals surface area contributed by atoms with E-state index >= 15 is 0 Å². The van der Waals surface area contributed by atoms with Crippen LogP contribution in [0.25, 0.3) is 0 Å². The Morgan fingerprint density at radius 2 is 1.88 bits per heavy atom. The predicted octanol–water partition coefficient (Wildman–Crippen LogP) is 4.37. The highest BCUT2D eigenvalue weighted by Gasteiger charge is 2.01. The van der Waals surface area contributed by atoms with Crippen molar-refractivity contribution < 1.29 is 4.39 Å². The lowest BCUT2D eigenvalue weighted by Crippen LogP contribution is -2.14. The second kappa shape index (κ2) is 8.73. The molecule has 1 N–H and O–H groups in total. The summed E-state index contributed by atoms with van der Waals surface area (Å²) in [6.07, 6.45) is 4.60. The van der Waals surface area contributed by atoms with Crippen molar-refractivity contribution in [3.63, 3.8) is 0 Å². The fourth-order valence-corrected chi connectivity index (χ4v) is 2.01. The summed E-state index contributed by atoms with van der Waals surface area (Å²) in [7, 11) is 0. The molecule has 0 radical (unpaired) electrons. The Hall–Kier alpha value is -0.310. The molecule has 0 unspecified atom stereocenters. The smallest absolute Gasteiger partial charge is 0.124 e. The molecule has 0 heterocycles. The average molecular weight is 278 g/mol. The molecule has 0 bridgehead atoms. The quantitative estimate of drug-likeness (QED) is 0.550. The number of nitrogens with one attached hydrogen (secondary N) is 1. The lowest BCUT2D eigenvalue weighted by atomic mass is 10.2. The average Bonchev–Trinajstić information content (AvgIpc) is 2.30. The van der Waals surface area contributed by atoms with Gasteiger partial charge in [0.2, 0.25) is 0 Å². The molecule has 0 fully saturated rings. The Labute approximate surface area is 112 Å². The van der Waals surface area contributed by atoms with E-state index in [-0.39, 0.29) is 5.82 Å². The van der Waals surface area contributed by atoms with Crippen LogP contribution in [0.15, 0.2) is 18.2 Å². The third kappa shape index (κ3) is 6.25. The van der Waals surface area contributed by atoms with Gasteiger partial charge in [-0.25, -0.2) is 4.39 Å². The van der Waals surface area contributed by atoms with E-state index in [1.807, 2.05) is 0 Å². The maximum Gasteiger partial charge on any atom is 0.124 e. The summed E-state index contributed by atoms with van der Waals surface area (Å²) < 4.78 is 12.8. The second-order valence-electron chi connectivity index (χ2n) is 4.02. The molecule has 0 aromatic heterocycles. The van der Waals surface area contributed by atoms with Gasteiger partial charge < -0.3 is 5.32 Å². The summed E-state index contributed by atoms with van der Waals surface area (Å²) in [5.41, 5.74) is 0.939. The third-order valence-corrected chi connectivity index (χ3v) is 3.19. The van der Waals surface area contributed by atoms with Gasteiger partial charge in [0.1, 0.15) is 5.82 Å². The molecule has 0 atom stereocenters. The van der Waals surface area contributed by atoms with Crippen LogP contribution in [0.2, 0.25) is 5.02 Å². The zero-order chi connectivity index (χ0) is 12.5. The molecule has 4 heteroatoms. The monoisotopic (exact) mass is 277 g/mol. The van der Waals surface area contributed by atoms with Gasteiger partial charge in [0, 0.05) is 17.4 Å². The van der Waals surface area contributed by atoms with Crippen molar-refractivity contribution in [2.75, 3.05) is 12.4 Å². The molecule has 1 aromatic rings. The first-order valence-electron chi connectivity index (χ1n) is 5.94. The zero-order valence-electron chi connectivity index (χ0n) is 9.82. The Morgan fingerprint density at radius 3 is 2.59 bits per heavy atom. The van der Waals surface area contributed by atoms with E-state index in [1.165, 1.54) is 25.0 Å². The highest BCUT2D eigenvalue weighted by Crippen LogP contribution is 2.16. The molecule has 1 nitrogen and oxygen atoms in total. The first kappa shape index (κ1) is 14.7. The number of rotatable bonds is 8. The first-order chi connectivity index (χ1) is 8.24. The summed E-state index contributed by atoms with van der Waals surface area (Å²) in [5.74, 6) is 0.457. The standard InChI is InChI=1S/C13H18Cl2FN/c14-7-3-1-2-4-8-17-10-11-5-6-12(16)9-13(11)15/h5-6,9,17H,1-4,7-8,10H2. The van der Waals surface area contributed by atoms with E-state index in [4.69, 9.17) is 23.2 Å². The van der Waals surface area contributed by atoms with Gasteiger partial charge in [0.05, 0.1) is 0 Å². The fourth-order valence-electron chi connectivity index (χ4n) is 1.59. The van der Waals surface area contributed by atoms with Crippen LogP contribution in [0, 0.1) is 5.82 Å². The molecule has 0 saturated heterocycles. The minimum Gasteiger partial charge on any atom is -0.313 e. The number of benzene rings is 1. The lowest BCUT2D eigenvalue weighted by Gasteiger charge is -2.06. The van der Waals surface area contributed by atoms with E-state index in [2.05, 4.69) is 5.32 Å². The van der Waals surface area contributed by atoms with Gasteiger partial charge in [-0.2, -0.15) is 0 Å². The van der Waals surface area contributed by atoms with Gasteiger partial charge in [-0.3, -0.25) is 0 Å². The Bertz CT molecular complexity index is 331. The van der Waals surface area contributed by atoms with Crippen molar-refractivity contribution in [1.29, 1.82) is 0 Å². The molecular weight excluding hydrogens is 260 g/mol. The van der Waals surface area contributed by atoms with Crippen molar-refractivity contribution >= 4 is 23.2 Å². The lowest BCUT2D eigenvalue weighted by molar-refractivity contribution is 0.597. The van der Waals surface area contributed by atoms with Crippen molar-refractivity contribution in [3.05, 3.63) is 34.6 Å². The maximum atomic E-state index is 12.8. The largest absolute Gasteiger partial charge is 0.313 e. The van der Waals surface area contributed by atoms with Crippen LogP contribution in [-0.4, -0.2) is 12.4 Å². The van der Waals surface area contributed by atoms with Crippen LogP contribution in [0.1, 0.15) is 31.2 Å². The van der Waals surface area contributed by atoms with Crippen LogP contribution >= 0.6 is 23.2 Å². The van der Waals surface area contributed by atoms with E-state index in [9.17, 15) is 4.39 Å². The first-order valence-corrected chi connectivity index (χ1v) is 6.86. The SMILES string of the molecule is Fc1ccc(CNCCCCCCCl)c(Cl)c1. The zero-order valence-corrected chi connectivity index (χ0v) is 11.3. The molecule has 96 valence electrons. The molecule has 0 spiro atoms. The summed E-state index contributed by atoms with van der Waals surface area (Å²) in [6, 6.07) is 4.50. The summed E-state index contributed by atoms with van der Waals surface area (Å²) in [4.78, 5) is 0. The van der Waals surface area contributed by atoms with Crippen molar-refractivity contribution in [1.82, 2.24) is 5.32 Å². The maximum absolute atomic E-state index is 12.8. The number of hydrogen-bond acceptors (Lipinski definition) is 1. The number of hydrogen-bond donors (Lipinski definition) is 1. The summed E-state index contributed by atoms with van der Waals surface area (Å²) in [6.45, 7) is 1.64. The van der Waals surface area contributed by atoms with Gasteiger partial charge in [-0.15, -0.1) is 11.6 Å². The molecule has 0 amide bonds. The van der Waals surface area contributed by atoms with Gasteiger partial charge in [-0.05, 0) is 37.1 Å². The molecule has 17 heavy (non-hydrogen) atoms. The number of unbranched alkanes of at least 4 members (excludes halogenated alkanes) is 3. The second-order valence-corrected chi connectivity index (χ2v) is 4.80. The van der Waals surface area contributed by atoms with Gasteiger partial charge in [0.15, 0.2) is 0 Å². The normalized spacial score (nSPS) is 10.8. The van der Waals surface area contributed by atoms with Crippen molar-refractivity contribution in [3.8, 4) is 0 Å². The molecule has 0 aliphatic rings. The molecule has 0 aliphatic carbocycles. The fraction of sp³-hybridized carbons (Fsp3) is 0.538. The molecular formula is C13H18Cl2FN. The predicted molar refractivity (Wildman–Crippen MR) is 72.3 cm³/mol. The van der Waals surface area contributed by atoms with E-state index < -0.39 is 0 Å². The van der Waals surface area contributed by atoms with Crippen LogP contribution in [0.5, 0.6) is 0 Å². The number of alkyl halides is 1. The van der Waals surface area contributed by atoms with Crippen LogP contribution in [-0.2, 0) is 6.54 Å². The summed E-state index contributed by atoms with van der Waals surface area (Å²) >= 11 is 11.5. The van der Waals surface area contributed by atoms with E-state index in [0.29, 0.717) is 11.6 Å². The van der Waals surface area contributed by atoms with Crippen molar-refractivity contribution in [2.24, 2.45) is 0 Å². The Balaban J connectivity index is 2.14. The molecule has 1 rings (SSSR count). The molecule has 1 aromatic carbocycles. The highest BCUT2D eigenvalue weighted by atomic mass is 35.5. The van der Waals surface area contributed by atoms with Gasteiger partial charge in [0.25, 0.3) is 0 Å². The van der Waals surface area contributed by atoms with Crippen LogP contribution in [0.3, 0.4) is 0 Å². The van der Waals surface area contributed by atoms with Crippen LogP contribution in [0.4, 0.5) is 4.39 Å². The minimum atomic E-state index is -0.292. The molecule has 0 aliphatic heterocycles. The Morgan fingerprint density at radius 1 is 1.12 bits per heavy atom. The van der Waals surface area contributed by atoms with E-state index in [1.54, 1.807) is 6.07 Å². The van der Waals surface area contributed by atoms with Gasteiger partial charge >= 0.3 is 0 Å². The van der Waals surface area contributed by atoms with Gasteiger partial charge in [-0.1, -0.05) is 30.5 Å². The molecule has 0 saturated carbocycles. The van der Waals surface area contributed by atoms with E-state index in [0.717, 1.165) is 30.8 Å². The Kier molecular flexibility index (Phi) is 7.58. The number of halogens is 3. The van der Waals surface area contributed by atoms with Crippen molar-refractivity contribution in [2.45, 2.75) is 32.2 Å².